The van der Waals surface area contributed by atoms with Gasteiger partial charge in [-0.25, -0.2) is 9.78 Å². The summed E-state index contributed by atoms with van der Waals surface area (Å²) in [6, 6.07) is 10.4. The number of ether oxygens (including phenoxy) is 1. The van der Waals surface area contributed by atoms with Crippen LogP contribution in [0.2, 0.25) is 0 Å². The lowest BCUT2D eigenvalue weighted by Gasteiger charge is -2.08. The highest BCUT2D eigenvalue weighted by Gasteiger charge is 2.08. The molecule has 0 bridgehead atoms. The highest BCUT2D eigenvalue weighted by atomic mass is 79.9. The number of aromatic nitrogens is 1. The van der Waals surface area contributed by atoms with Crippen LogP contribution in [0.25, 0.3) is 0 Å². The molecule has 0 aliphatic carbocycles. The molecule has 0 amide bonds. The summed E-state index contributed by atoms with van der Waals surface area (Å²) in [7, 11) is 1.33. The maximum absolute atomic E-state index is 11.4. The number of nitrogens with zero attached hydrogens (tertiary/aromatic N) is 2. The fourth-order valence-corrected chi connectivity index (χ4v) is 2.05. The molecule has 1 N–H and O–H groups in total. The smallest absolute Gasteiger partial charge is 0.338 e. The van der Waals surface area contributed by atoms with E-state index in [0.29, 0.717) is 16.9 Å². The first-order chi connectivity index (χ1) is 9.63. The summed E-state index contributed by atoms with van der Waals surface area (Å²) in [6.45, 7) is 0. The van der Waals surface area contributed by atoms with E-state index in [4.69, 9.17) is 5.26 Å². The standard InChI is InChI=1S/C14H10BrN3O2/c1-20-14(19)10-4-5-17-13(7-10)18-12-3-2-9(8-16)6-11(12)15/h2-7H,1H3,(H,17,18). The maximum Gasteiger partial charge on any atom is 0.338 e. The topological polar surface area (TPSA) is 75.0 Å². The Morgan fingerprint density at radius 2 is 2.20 bits per heavy atom. The minimum Gasteiger partial charge on any atom is -0.465 e. The molecule has 0 aliphatic rings. The van der Waals surface area contributed by atoms with Crippen LogP contribution in [-0.4, -0.2) is 18.1 Å². The Kier molecular flexibility index (Phi) is 4.33. The van der Waals surface area contributed by atoms with Crippen LogP contribution in [0, 0.1) is 11.3 Å². The van der Waals surface area contributed by atoms with Gasteiger partial charge in [-0.3, -0.25) is 0 Å². The second-order valence-electron chi connectivity index (χ2n) is 3.85. The molecule has 0 spiro atoms. The fourth-order valence-electron chi connectivity index (χ4n) is 1.57. The molecule has 0 unspecified atom stereocenters. The number of hydrogen-bond donors (Lipinski definition) is 1. The third kappa shape index (κ3) is 3.13. The summed E-state index contributed by atoms with van der Waals surface area (Å²) in [5.74, 6) is 0.0904. The van der Waals surface area contributed by atoms with Crippen LogP contribution >= 0.6 is 15.9 Å². The lowest BCUT2D eigenvalue weighted by Crippen LogP contribution is -2.03. The Morgan fingerprint density at radius 1 is 1.40 bits per heavy atom. The number of carbonyl (C=O) groups is 1. The zero-order valence-electron chi connectivity index (χ0n) is 10.6. The van der Waals surface area contributed by atoms with Crippen molar-refractivity contribution in [2.75, 3.05) is 12.4 Å². The molecule has 0 saturated carbocycles. The van der Waals surface area contributed by atoms with Crippen molar-refractivity contribution in [2.45, 2.75) is 0 Å². The summed E-state index contributed by atoms with van der Waals surface area (Å²) in [5.41, 5.74) is 1.71. The normalized spacial score (nSPS) is 9.65. The van der Waals surface area contributed by atoms with Gasteiger partial charge in [-0.1, -0.05) is 0 Å². The highest BCUT2D eigenvalue weighted by Crippen LogP contribution is 2.26. The van der Waals surface area contributed by atoms with Crippen molar-refractivity contribution < 1.29 is 9.53 Å². The number of nitrogens with one attached hydrogen (secondary N) is 1. The molecule has 1 aromatic carbocycles. The first kappa shape index (κ1) is 14.0. The minimum atomic E-state index is -0.422. The van der Waals surface area contributed by atoms with Crippen molar-refractivity contribution in [2.24, 2.45) is 0 Å². The van der Waals surface area contributed by atoms with E-state index in [1.54, 1.807) is 30.3 Å². The van der Waals surface area contributed by atoms with Crippen LogP contribution < -0.4 is 5.32 Å². The van der Waals surface area contributed by atoms with Gasteiger partial charge in [-0.05, 0) is 46.3 Å². The van der Waals surface area contributed by atoms with Crippen molar-refractivity contribution in [3.63, 3.8) is 0 Å². The van der Waals surface area contributed by atoms with E-state index in [9.17, 15) is 4.79 Å². The van der Waals surface area contributed by atoms with Gasteiger partial charge in [0.1, 0.15) is 5.82 Å². The largest absolute Gasteiger partial charge is 0.465 e. The molecule has 2 rings (SSSR count). The maximum atomic E-state index is 11.4. The number of benzene rings is 1. The molecular formula is C14H10BrN3O2. The Balaban J connectivity index is 2.26. The molecule has 1 heterocycles. The van der Waals surface area contributed by atoms with Gasteiger partial charge in [0, 0.05) is 10.7 Å². The molecule has 0 saturated heterocycles. The summed E-state index contributed by atoms with van der Waals surface area (Å²) in [4.78, 5) is 15.6. The predicted octanol–water partition coefficient (Wildman–Crippen LogP) is 3.25. The van der Waals surface area contributed by atoms with Gasteiger partial charge in [-0.2, -0.15) is 5.26 Å². The number of methoxy groups -OCH3 is 1. The molecule has 0 atom stereocenters. The molecule has 20 heavy (non-hydrogen) atoms. The number of rotatable bonds is 3. The molecule has 0 radical (unpaired) electrons. The Bertz CT molecular complexity index is 695. The van der Waals surface area contributed by atoms with Gasteiger partial charge in [0.25, 0.3) is 0 Å². The molecule has 5 nitrogen and oxygen atoms in total. The zero-order chi connectivity index (χ0) is 14.5. The third-order valence-corrected chi connectivity index (χ3v) is 3.20. The predicted molar refractivity (Wildman–Crippen MR) is 77.7 cm³/mol. The minimum absolute atomic E-state index is 0.412. The Morgan fingerprint density at radius 3 is 2.85 bits per heavy atom. The molecule has 6 heteroatoms. The molecule has 0 fully saturated rings. The van der Waals surface area contributed by atoms with Gasteiger partial charge in [0.2, 0.25) is 0 Å². The number of pyridine rings is 1. The number of carbonyl (C=O) groups excluding carboxylic acids is 1. The highest BCUT2D eigenvalue weighted by molar-refractivity contribution is 9.10. The lowest BCUT2D eigenvalue weighted by atomic mass is 10.2. The second-order valence-corrected chi connectivity index (χ2v) is 4.71. The number of halogens is 1. The first-order valence-electron chi connectivity index (χ1n) is 5.65. The lowest BCUT2D eigenvalue weighted by molar-refractivity contribution is 0.0600. The van der Waals surface area contributed by atoms with Gasteiger partial charge in [0.05, 0.1) is 30.0 Å². The van der Waals surface area contributed by atoms with Crippen LogP contribution in [-0.2, 0) is 4.74 Å². The van der Waals surface area contributed by atoms with E-state index in [1.807, 2.05) is 0 Å². The Labute approximate surface area is 124 Å². The van der Waals surface area contributed by atoms with Crippen LogP contribution in [0.15, 0.2) is 41.0 Å². The third-order valence-electron chi connectivity index (χ3n) is 2.54. The van der Waals surface area contributed by atoms with Gasteiger partial charge in [-0.15, -0.1) is 0 Å². The number of hydrogen-bond acceptors (Lipinski definition) is 5. The summed E-state index contributed by atoms with van der Waals surface area (Å²) >= 11 is 3.37. The van der Waals surface area contributed by atoms with Gasteiger partial charge < -0.3 is 10.1 Å². The Hall–Kier alpha value is -2.39. The first-order valence-corrected chi connectivity index (χ1v) is 6.44. The molecular weight excluding hydrogens is 322 g/mol. The van der Waals surface area contributed by atoms with Gasteiger partial charge >= 0.3 is 5.97 Å². The fraction of sp³-hybridized carbons (Fsp3) is 0.0714. The number of nitriles is 1. The van der Waals surface area contributed by atoms with Gasteiger partial charge in [0.15, 0.2) is 0 Å². The van der Waals surface area contributed by atoms with Crippen molar-refractivity contribution in [1.82, 2.24) is 4.98 Å². The van der Waals surface area contributed by atoms with Crippen LogP contribution in [0.1, 0.15) is 15.9 Å². The summed E-state index contributed by atoms with van der Waals surface area (Å²) < 4.78 is 5.39. The molecule has 0 aliphatic heterocycles. The monoisotopic (exact) mass is 331 g/mol. The van der Waals surface area contributed by atoms with Crippen LogP contribution in [0.3, 0.4) is 0 Å². The van der Waals surface area contributed by atoms with Crippen molar-refractivity contribution in [3.05, 3.63) is 52.1 Å². The number of esters is 1. The van der Waals surface area contributed by atoms with E-state index in [1.165, 1.54) is 13.3 Å². The van der Waals surface area contributed by atoms with Crippen molar-refractivity contribution in [3.8, 4) is 6.07 Å². The summed E-state index contributed by atoms with van der Waals surface area (Å²) in [5, 5.41) is 11.9. The SMILES string of the molecule is COC(=O)c1ccnc(Nc2ccc(C#N)cc2Br)c1. The van der Waals surface area contributed by atoms with Crippen LogP contribution in [0.5, 0.6) is 0 Å². The number of anilines is 2. The summed E-state index contributed by atoms with van der Waals surface area (Å²) in [6.07, 6.45) is 1.52. The quantitative estimate of drug-likeness (QED) is 0.874. The van der Waals surface area contributed by atoms with E-state index in [0.717, 1.165) is 10.2 Å². The molecule has 1 aromatic heterocycles. The van der Waals surface area contributed by atoms with E-state index < -0.39 is 5.97 Å². The van der Waals surface area contributed by atoms with Crippen LogP contribution in [0.4, 0.5) is 11.5 Å². The van der Waals surface area contributed by atoms with E-state index in [-0.39, 0.29) is 0 Å². The van der Waals surface area contributed by atoms with Crippen molar-refractivity contribution in [1.29, 1.82) is 5.26 Å². The van der Waals surface area contributed by atoms with E-state index >= 15 is 0 Å². The molecule has 100 valence electrons. The zero-order valence-corrected chi connectivity index (χ0v) is 12.1. The van der Waals surface area contributed by atoms with Crippen molar-refractivity contribution >= 4 is 33.4 Å². The van der Waals surface area contributed by atoms with E-state index in [2.05, 4.69) is 37.0 Å². The average Bonchev–Trinajstić information content (AvgIpc) is 2.48. The second kappa shape index (κ2) is 6.17. The molecule has 2 aromatic rings. The average molecular weight is 332 g/mol.